The Labute approximate surface area is 159 Å². The van der Waals surface area contributed by atoms with E-state index in [9.17, 15) is 22.8 Å². The van der Waals surface area contributed by atoms with E-state index >= 15 is 0 Å². The molecule has 2 aromatic rings. The number of hydrogen-bond acceptors (Lipinski definition) is 5. The van der Waals surface area contributed by atoms with E-state index in [1.807, 2.05) is 13.0 Å². The Balaban J connectivity index is 2.00. The molecule has 2 rings (SSSR count). The van der Waals surface area contributed by atoms with E-state index in [1.54, 1.807) is 12.1 Å². The van der Waals surface area contributed by atoms with Gasteiger partial charge in [-0.15, -0.1) is 13.2 Å². The minimum atomic E-state index is -4.83. The Kier molecular flexibility index (Phi) is 6.50. The van der Waals surface area contributed by atoms with Crippen molar-refractivity contribution in [1.82, 2.24) is 0 Å². The van der Waals surface area contributed by atoms with Gasteiger partial charge < -0.3 is 19.5 Å². The van der Waals surface area contributed by atoms with Crippen LogP contribution in [-0.2, 0) is 9.53 Å². The van der Waals surface area contributed by atoms with Gasteiger partial charge in [0.2, 0.25) is 0 Å². The number of anilines is 1. The standard InChI is InChI=1S/C19H18F3NO5/c1-11-4-9-16(26-3)15(10-11)23-17(24)12(2)27-18(25)13-5-7-14(8-6-13)28-19(20,21)22/h4-10,12H,1-3H3,(H,23,24)/t12-/m1/s1. The summed E-state index contributed by atoms with van der Waals surface area (Å²) < 4.78 is 50.4. The summed E-state index contributed by atoms with van der Waals surface area (Å²) in [6.45, 7) is 3.21. The summed E-state index contributed by atoms with van der Waals surface area (Å²) in [4.78, 5) is 24.4. The number of hydrogen-bond donors (Lipinski definition) is 1. The van der Waals surface area contributed by atoms with Crippen molar-refractivity contribution in [2.45, 2.75) is 26.3 Å². The monoisotopic (exact) mass is 397 g/mol. The van der Waals surface area contributed by atoms with Crippen molar-refractivity contribution >= 4 is 17.6 Å². The number of ether oxygens (including phenoxy) is 3. The van der Waals surface area contributed by atoms with E-state index in [-0.39, 0.29) is 5.56 Å². The molecule has 0 spiro atoms. The van der Waals surface area contributed by atoms with Crippen LogP contribution in [0.1, 0.15) is 22.8 Å². The Hall–Kier alpha value is -3.23. The zero-order valence-corrected chi connectivity index (χ0v) is 15.3. The maximum absolute atomic E-state index is 12.3. The Morgan fingerprint density at radius 2 is 1.71 bits per heavy atom. The van der Waals surface area contributed by atoms with E-state index in [1.165, 1.54) is 14.0 Å². The number of carbonyl (C=O) groups is 2. The molecule has 28 heavy (non-hydrogen) atoms. The molecule has 6 nitrogen and oxygen atoms in total. The average molecular weight is 397 g/mol. The van der Waals surface area contributed by atoms with Crippen LogP contribution in [0.4, 0.5) is 18.9 Å². The number of carbonyl (C=O) groups excluding carboxylic acids is 2. The summed E-state index contributed by atoms with van der Waals surface area (Å²) in [5, 5.41) is 2.61. The largest absolute Gasteiger partial charge is 0.573 e. The molecule has 0 aliphatic carbocycles. The molecule has 0 aliphatic heterocycles. The molecule has 2 aromatic carbocycles. The summed E-state index contributed by atoms with van der Waals surface area (Å²) in [5.74, 6) is -1.48. The summed E-state index contributed by atoms with van der Waals surface area (Å²) in [5.41, 5.74) is 1.29. The minimum absolute atomic E-state index is 0.0256. The first-order valence-corrected chi connectivity index (χ1v) is 8.11. The molecule has 0 unspecified atom stereocenters. The van der Waals surface area contributed by atoms with Crippen LogP contribution in [0, 0.1) is 6.92 Å². The van der Waals surface area contributed by atoms with Gasteiger partial charge in [-0.3, -0.25) is 4.79 Å². The van der Waals surface area contributed by atoms with Gasteiger partial charge in [-0.2, -0.15) is 0 Å². The highest BCUT2D eigenvalue weighted by atomic mass is 19.4. The van der Waals surface area contributed by atoms with Gasteiger partial charge in [-0.1, -0.05) is 6.07 Å². The van der Waals surface area contributed by atoms with Crippen LogP contribution in [0.2, 0.25) is 0 Å². The van der Waals surface area contributed by atoms with Crippen LogP contribution >= 0.6 is 0 Å². The van der Waals surface area contributed by atoms with Crippen LogP contribution in [-0.4, -0.2) is 31.5 Å². The molecule has 1 atom stereocenters. The van der Waals surface area contributed by atoms with Crippen molar-refractivity contribution in [2.24, 2.45) is 0 Å². The second kappa shape index (κ2) is 8.64. The minimum Gasteiger partial charge on any atom is -0.495 e. The van der Waals surface area contributed by atoms with Gasteiger partial charge in [0.1, 0.15) is 11.5 Å². The van der Waals surface area contributed by atoms with Gasteiger partial charge in [0.25, 0.3) is 5.91 Å². The number of nitrogens with one attached hydrogen (secondary N) is 1. The Morgan fingerprint density at radius 1 is 1.07 bits per heavy atom. The van der Waals surface area contributed by atoms with E-state index < -0.39 is 30.1 Å². The molecule has 150 valence electrons. The van der Waals surface area contributed by atoms with Crippen molar-refractivity contribution in [3.8, 4) is 11.5 Å². The fourth-order valence-electron chi connectivity index (χ4n) is 2.23. The average Bonchev–Trinajstić information content (AvgIpc) is 2.61. The zero-order valence-electron chi connectivity index (χ0n) is 15.3. The van der Waals surface area contributed by atoms with Crippen LogP contribution < -0.4 is 14.8 Å². The number of rotatable bonds is 6. The predicted octanol–water partition coefficient (Wildman–Crippen LogP) is 4.09. The van der Waals surface area contributed by atoms with Gasteiger partial charge in [-0.25, -0.2) is 4.79 Å². The highest BCUT2D eigenvalue weighted by molar-refractivity contribution is 5.98. The lowest BCUT2D eigenvalue weighted by atomic mass is 10.2. The van der Waals surface area contributed by atoms with Crippen LogP contribution in [0.15, 0.2) is 42.5 Å². The van der Waals surface area contributed by atoms with E-state index in [4.69, 9.17) is 9.47 Å². The molecule has 1 N–H and O–H groups in total. The summed E-state index contributed by atoms with van der Waals surface area (Å²) >= 11 is 0. The summed E-state index contributed by atoms with van der Waals surface area (Å²) in [7, 11) is 1.45. The van der Waals surface area contributed by atoms with Crippen LogP contribution in [0.5, 0.6) is 11.5 Å². The van der Waals surface area contributed by atoms with E-state index in [2.05, 4.69) is 10.1 Å². The maximum Gasteiger partial charge on any atom is 0.573 e. The Morgan fingerprint density at radius 3 is 2.29 bits per heavy atom. The molecule has 9 heteroatoms. The molecule has 0 saturated heterocycles. The number of methoxy groups -OCH3 is 1. The smallest absolute Gasteiger partial charge is 0.495 e. The predicted molar refractivity (Wildman–Crippen MR) is 94.4 cm³/mol. The molecular formula is C19H18F3NO5. The van der Waals surface area contributed by atoms with Gasteiger partial charge in [0.15, 0.2) is 6.10 Å². The lowest BCUT2D eigenvalue weighted by Crippen LogP contribution is -2.30. The van der Waals surface area contributed by atoms with Crippen molar-refractivity contribution in [2.75, 3.05) is 12.4 Å². The fraction of sp³-hybridized carbons (Fsp3) is 0.263. The highest BCUT2D eigenvalue weighted by Gasteiger charge is 2.31. The van der Waals surface area contributed by atoms with Crippen molar-refractivity contribution in [1.29, 1.82) is 0 Å². The molecule has 0 bridgehead atoms. The van der Waals surface area contributed by atoms with Crippen LogP contribution in [0.25, 0.3) is 0 Å². The van der Waals surface area contributed by atoms with Crippen molar-refractivity contribution in [3.63, 3.8) is 0 Å². The molecule has 0 saturated carbocycles. The Bertz CT molecular complexity index is 850. The molecular weight excluding hydrogens is 379 g/mol. The lowest BCUT2D eigenvalue weighted by Gasteiger charge is -2.16. The van der Waals surface area contributed by atoms with E-state index in [0.717, 1.165) is 29.8 Å². The summed E-state index contributed by atoms with van der Waals surface area (Å²) in [6, 6.07) is 9.37. The molecule has 0 aromatic heterocycles. The maximum atomic E-state index is 12.3. The second-order valence-electron chi connectivity index (χ2n) is 5.81. The third kappa shape index (κ3) is 5.90. The number of amides is 1. The number of alkyl halides is 3. The normalized spacial score (nSPS) is 12.1. The summed E-state index contributed by atoms with van der Waals surface area (Å²) in [6.07, 6.45) is -5.98. The molecule has 0 fully saturated rings. The first-order valence-electron chi connectivity index (χ1n) is 8.11. The zero-order chi connectivity index (χ0) is 20.9. The third-order valence-corrected chi connectivity index (χ3v) is 3.59. The van der Waals surface area contributed by atoms with E-state index in [0.29, 0.717) is 11.4 Å². The van der Waals surface area contributed by atoms with Crippen molar-refractivity contribution in [3.05, 3.63) is 53.6 Å². The van der Waals surface area contributed by atoms with Crippen molar-refractivity contribution < 1.29 is 37.0 Å². The molecule has 0 radical (unpaired) electrons. The number of esters is 1. The molecule has 0 aliphatic rings. The third-order valence-electron chi connectivity index (χ3n) is 3.59. The topological polar surface area (TPSA) is 73.9 Å². The SMILES string of the molecule is COc1ccc(C)cc1NC(=O)[C@@H](C)OC(=O)c1ccc(OC(F)(F)F)cc1. The first-order chi connectivity index (χ1) is 13.1. The highest BCUT2D eigenvalue weighted by Crippen LogP contribution is 2.26. The van der Waals surface area contributed by atoms with Gasteiger partial charge in [0.05, 0.1) is 18.4 Å². The lowest BCUT2D eigenvalue weighted by molar-refractivity contribution is -0.274. The number of halogens is 3. The molecule has 1 amide bonds. The fourth-order valence-corrected chi connectivity index (χ4v) is 2.23. The van der Waals surface area contributed by atoms with Crippen LogP contribution in [0.3, 0.4) is 0 Å². The van der Waals surface area contributed by atoms with Gasteiger partial charge >= 0.3 is 12.3 Å². The second-order valence-corrected chi connectivity index (χ2v) is 5.81. The number of benzene rings is 2. The first kappa shape index (κ1) is 21.1. The van der Waals surface area contributed by atoms with Gasteiger partial charge in [-0.05, 0) is 55.8 Å². The number of aryl methyl sites for hydroxylation is 1. The molecule has 0 heterocycles. The van der Waals surface area contributed by atoms with Gasteiger partial charge in [0, 0.05) is 0 Å². The quantitative estimate of drug-likeness (QED) is 0.744.